The summed E-state index contributed by atoms with van der Waals surface area (Å²) < 4.78 is 6.55. The number of hydrogen-bond donors (Lipinski definition) is 1. The highest BCUT2D eigenvalue weighted by atomic mass is 79.9. The minimum Gasteiger partial charge on any atom is -0.455 e. The number of esters is 1. The summed E-state index contributed by atoms with van der Waals surface area (Å²) in [5.74, 6) is -0.279. The first-order valence-electron chi connectivity index (χ1n) is 6.30. The van der Waals surface area contributed by atoms with Crippen molar-refractivity contribution in [1.82, 2.24) is 0 Å². The second kappa shape index (κ2) is 6.26. The molecule has 1 N–H and O–H groups in total. The molecule has 1 aliphatic carbocycles. The van der Waals surface area contributed by atoms with Gasteiger partial charge >= 0.3 is 5.97 Å². The maximum atomic E-state index is 11.8. The van der Waals surface area contributed by atoms with E-state index in [1.54, 1.807) is 0 Å². The van der Waals surface area contributed by atoms with Gasteiger partial charge in [0.05, 0.1) is 11.6 Å². The third-order valence-corrected chi connectivity index (χ3v) is 4.46. The van der Waals surface area contributed by atoms with Crippen LogP contribution in [0.1, 0.15) is 18.9 Å². The molecule has 0 bridgehead atoms. The van der Waals surface area contributed by atoms with Gasteiger partial charge in [-0.1, -0.05) is 6.92 Å². The van der Waals surface area contributed by atoms with E-state index in [2.05, 4.69) is 37.2 Å². The van der Waals surface area contributed by atoms with E-state index in [9.17, 15) is 9.59 Å². The van der Waals surface area contributed by atoms with E-state index in [1.165, 1.54) is 0 Å². The maximum Gasteiger partial charge on any atom is 0.309 e. The quantitative estimate of drug-likeness (QED) is 0.779. The number of carbonyl (C=O) groups excluding carboxylic acids is 2. The monoisotopic (exact) mass is 403 g/mol. The number of anilines is 1. The molecule has 0 heterocycles. The maximum absolute atomic E-state index is 11.8. The Morgan fingerprint density at radius 3 is 2.40 bits per heavy atom. The highest BCUT2D eigenvalue weighted by molar-refractivity contribution is 9.11. The SMILES string of the molecule is Cc1cc(Br)c(NC(=O)COC(=O)[C@@H]2C[C@@H]2C)c(Br)c1. The summed E-state index contributed by atoms with van der Waals surface area (Å²) in [5.41, 5.74) is 1.70. The van der Waals surface area contributed by atoms with E-state index in [1.807, 2.05) is 26.0 Å². The van der Waals surface area contributed by atoms with Crippen molar-refractivity contribution in [2.45, 2.75) is 20.3 Å². The Morgan fingerprint density at radius 1 is 1.35 bits per heavy atom. The Hall–Kier alpha value is -0.880. The second-order valence-electron chi connectivity index (χ2n) is 5.08. The molecule has 1 saturated carbocycles. The molecule has 0 radical (unpaired) electrons. The molecule has 1 aromatic rings. The number of hydrogen-bond acceptors (Lipinski definition) is 3. The van der Waals surface area contributed by atoms with Gasteiger partial charge in [0.1, 0.15) is 0 Å². The van der Waals surface area contributed by atoms with Gasteiger partial charge in [-0.25, -0.2) is 0 Å². The first kappa shape index (κ1) is 15.5. The molecule has 2 rings (SSSR count). The Bertz CT molecular complexity index is 536. The summed E-state index contributed by atoms with van der Waals surface area (Å²) in [5, 5.41) is 2.72. The molecule has 1 amide bonds. The van der Waals surface area contributed by atoms with Crippen LogP contribution >= 0.6 is 31.9 Å². The molecular formula is C14H15Br2NO3. The molecule has 4 nitrogen and oxygen atoms in total. The lowest BCUT2D eigenvalue weighted by Crippen LogP contribution is -2.22. The van der Waals surface area contributed by atoms with Crippen molar-refractivity contribution in [2.75, 3.05) is 11.9 Å². The van der Waals surface area contributed by atoms with Crippen molar-refractivity contribution in [3.8, 4) is 0 Å². The Kier molecular flexibility index (Phi) is 4.86. The van der Waals surface area contributed by atoms with E-state index < -0.39 is 0 Å². The summed E-state index contributed by atoms with van der Waals surface area (Å²) >= 11 is 6.79. The first-order chi connectivity index (χ1) is 9.38. The normalized spacial score (nSPS) is 20.4. The molecular weight excluding hydrogens is 390 g/mol. The largest absolute Gasteiger partial charge is 0.455 e. The van der Waals surface area contributed by atoms with Crippen molar-refractivity contribution < 1.29 is 14.3 Å². The molecule has 0 aliphatic heterocycles. The lowest BCUT2D eigenvalue weighted by Gasteiger charge is -2.11. The summed E-state index contributed by atoms with van der Waals surface area (Å²) in [6, 6.07) is 3.80. The summed E-state index contributed by atoms with van der Waals surface area (Å²) in [7, 11) is 0. The number of nitrogens with one attached hydrogen (secondary N) is 1. The zero-order valence-corrected chi connectivity index (χ0v) is 14.4. The van der Waals surface area contributed by atoms with Crippen LogP contribution in [0.15, 0.2) is 21.1 Å². The minimum atomic E-state index is -0.350. The second-order valence-corrected chi connectivity index (χ2v) is 6.79. The fraction of sp³-hybridized carbons (Fsp3) is 0.429. The highest BCUT2D eigenvalue weighted by Gasteiger charge is 2.40. The number of ether oxygens (including phenoxy) is 1. The molecule has 0 spiro atoms. The van der Waals surface area contributed by atoms with Gasteiger partial charge in [0, 0.05) is 8.95 Å². The van der Waals surface area contributed by atoms with Crippen LogP contribution in [-0.4, -0.2) is 18.5 Å². The van der Waals surface area contributed by atoms with Crippen LogP contribution in [0, 0.1) is 18.8 Å². The Morgan fingerprint density at radius 2 is 1.90 bits per heavy atom. The average molecular weight is 405 g/mol. The number of carbonyl (C=O) groups is 2. The van der Waals surface area contributed by atoms with Crippen LogP contribution in [0.5, 0.6) is 0 Å². The fourth-order valence-corrected chi connectivity index (χ4v) is 3.50. The van der Waals surface area contributed by atoms with Gasteiger partial charge in [-0.3, -0.25) is 9.59 Å². The predicted octanol–water partition coefficient (Wildman–Crippen LogP) is 3.66. The van der Waals surface area contributed by atoms with E-state index in [-0.39, 0.29) is 24.4 Å². The molecule has 1 aliphatic rings. The lowest BCUT2D eigenvalue weighted by molar-refractivity contribution is -0.148. The van der Waals surface area contributed by atoms with Crippen LogP contribution in [-0.2, 0) is 14.3 Å². The third-order valence-electron chi connectivity index (χ3n) is 3.21. The smallest absolute Gasteiger partial charge is 0.309 e. The van der Waals surface area contributed by atoms with Gasteiger partial charge in [-0.15, -0.1) is 0 Å². The van der Waals surface area contributed by atoms with E-state index in [0.717, 1.165) is 20.9 Å². The highest BCUT2D eigenvalue weighted by Crippen LogP contribution is 2.38. The standard InChI is InChI=1S/C14H15Br2NO3/c1-7-3-10(15)13(11(16)4-7)17-12(18)6-20-14(19)9-5-8(9)2/h3-4,8-9H,5-6H2,1-2H3,(H,17,18)/t8-,9+/m0/s1. The van der Waals surface area contributed by atoms with Crippen molar-refractivity contribution in [3.05, 3.63) is 26.6 Å². The zero-order valence-electron chi connectivity index (χ0n) is 11.2. The topological polar surface area (TPSA) is 55.4 Å². The summed E-state index contributed by atoms with van der Waals surface area (Å²) in [6.45, 7) is 3.70. The van der Waals surface area contributed by atoms with Crippen LogP contribution in [0.25, 0.3) is 0 Å². The number of rotatable bonds is 4. The van der Waals surface area contributed by atoms with Gasteiger partial charge in [0.25, 0.3) is 5.91 Å². The van der Waals surface area contributed by atoms with Gasteiger partial charge < -0.3 is 10.1 Å². The molecule has 0 unspecified atom stereocenters. The molecule has 1 fully saturated rings. The zero-order chi connectivity index (χ0) is 14.9. The third kappa shape index (κ3) is 3.82. The summed E-state index contributed by atoms with van der Waals surface area (Å²) in [6.07, 6.45) is 0.857. The van der Waals surface area contributed by atoms with E-state index in [0.29, 0.717) is 11.6 Å². The van der Waals surface area contributed by atoms with Crippen molar-refractivity contribution >= 4 is 49.4 Å². The van der Waals surface area contributed by atoms with E-state index in [4.69, 9.17) is 4.74 Å². The van der Waals surface area contributed by atoms with Gasteiger partial charge in [0.15, 0.2) is 6.61 Å². The van der Waals surface area contributed by atoms with Crippen LogP contribution in [0.2, 0.25) is 0 Å². The van der Waals surface area contributed by atoms with Crippen LogP contribution in [0.4, 0.5) is 5.69 Å². The van der Waals surface area contributed by atoms with E-state index >= 15 is 0 Å². The van der Waals surface area contributed by atoms with Crippen molar-refractivity contribution in [2.24, 2.45) is 11.8 Å². The number of benzene rings is 1. The van der Waals surface area contributed by atoms with Gasteiger partial charge in [0.2, 0.25) is 0 Å². The molecule has 108 valence electrons. The molecule has 20 heavy (non-hydrogen) atoms. The molecule has 0 saturated heterocycles. The molecule has 6 heteroatoms. The number of halogens is 2. The Labute approximate surface area is 134 Å². The van der Waals surface area contributed by atoms with Crippen molar-refractivity contribution in [1.29, 1.82) is 0 Å². The molecule has 2 atom stereocenters. The molecule has 0 aromatic heterocycles. The molecule has 1 aromatic carbocycles. The first-order valence-corrected chi connectivity index (χ1v) is 7.89. The fourth-order valence-electron chi connectivity index (χ4n) is 1.89. The summed E-state index contributed by atoms with van der Waals surface area (Å²) in [4.78, 5) is 23.3. The number of aryl methyl sites for hydroxylation is 1. The van der Waals surface area contributed by atoms with Crippen LogP contribution < -0.4 is 5.32 Å². The van der Waals surface area contributed by atoms with Crippen LogP contribution in [0.3, 0.4) is 0 Å². The number of amides is 1. The predicted molar refractivity (Wildman–Crippen MR) is 83.4 cm³/mol. The van der Waals surface area contributed by atoms with Gasteiger partial charge in [-0.2, -0.15) is 0 Å². The minimum absolute atomic E-state index is 0.0272. The average Bonchev–Trinajstić information content (AvgIpc) is 3.08. The van der Waals surface area contributed by atoms with Crippen molar-refractivity contribution in [3.63, 3.8) is 0 Å². The lowest BCUT2D eigenvalue weighted by atomic mass is 10.2. The Balaban J connectivity index is 1.90. The van der Waals surface area contributed by atoms with Gasteiger partial charge in [-0.05, 0) is 68.8 Å².